The van der Waals surface area contributed by atoms with E-state index in [4.69, 9.17) is 5.73 Å². The molecular weight excluding hydrogens is 276 g/mol. The molecule has 1 aliphatic carbocycles. The van der Waals surface area contributed by atoms with E-state index in [1.165, 1.54) is 6.33 Å². The average molecular weight is 292 g/mol. The van der Waals surface area contributed by atoms with Crippen LogP contribution in [0, 0.1) is 0 Å². The lowest BCUT2D eigenvalue weighted by atomic mass is 10.1. The van der Waals surface area contributed by atoms with Gasteiger partial charge in [0.25, 0.3) is 0 Å². The van der Waals surface area contributed by atoms with E-state index in [1.807, 2.05) is 30.3 Å². The van der Waals surface area contributed by atoms with E-state index >= 15 is 0 Å². The van der Waals surface area contributed by atoms with Crippen molar-refractivity contribution in [2.24, 2.45) is 0 Å². The molecule has 3 aromatic rings. The Morgan fingerprint density at radius 2 is 2.00 bits per heavy atom. The molecule has 5 heteroatoms. The van der Waals surface area contributed by atoms with Gasteiger partial charge in [-0.2, -0.15) is 0 Å². The second-order valence-electron chi connectivity index (χ2n) is 5.71. The first-order chi connectivity index (χ1) is 10.7. The highest BCUT2D eigenvalue weighted by atomic mass is 16.1. The maximum absolute atomic E-state index is 11.6. The van der Waals surface area contributed by atoms with Gasteiger partial charge in [-0.05, 0) is 12.0 Å². The Kier molecular flexibility index (Phi) is 2.92. The van der Waals surface area contributed by atoms with Crippen LogP contribution in [0.2, 0.25) is 0 Å². The van der Waals surface area contributed by atoms with Crippen LogP contribution < -0.4 is 5.73 Å². The Balaban J connectivity index is 1.96. The summed E-state index contributed by atoms with van der Waals surface area (Å²) >= 11 is 0. The molecule has 22 heavy (non-hydrogen) atoms. The summed E-state index contributed by atoms with van der Waals surface area (Å²) < 4.78 is 2.10. The van der Waals surface area contributed by atoms with Crippen LogP contribution in [0.3, 0.4) is 0 Å². The van der Waals surface area contributed by atoms with E-state index in [2.05, 4.69) is 20.7 Å². The number of fused-ring (bicyclic) bond motifs is 1. The minimum Gasteiger partial charge on any atom is -0.383 e. The van der Waals surface area contributed by atoms with E-state index in [-0.39, 0.29) is 6.04 Å². The van der Waals surface area contributed by atoms with Crippen molar-refractivity contribution in [3.63, 3.8) is 0 Å². The molecule has 4 rings (SSSR count). The fraction of sp³-hybridized carbons (Fsp3) is 0.235. The summed E-state index contributed by atoms with van der Waals surface area (Å²) in [5, 5.41) is 0.869. The lowest BCUT2D eigenvalue weighted by Gasteiger charge is -2.11. The number of carbonyl (C=O) groups is 1. The number of nitrogens with two attached hydrogens (primary N) is 1. The predicted molar refractivity (Wildman–Crippen MR) is 85.3 cm³/mol. The van der Waals surface area contributed by atoms with Gasteiger partial charge in [0, 0.05) is 30.6 Å². The van der Waals surface area contributed by atoms with Gasteiger partial charge < -0.3 is 10.3 Å². The monoisotopic (exact) mass is 292 g/mol. The zero-order chi connectivity index (χ0) is 15.1. The lowest BCUT2D eigenvalue weighted by molar-refractivity contribution is -0.117. The number of Topliss-reactive ketones (excluding diaryl/α,β-unsaturated/α-hetero) is 1. The molecule has 1 atom stereocenters. The molecule has 2 heterocycles. The van der Waals surface area contributed by atoms with Gasteiger partial charge in [-0.15, -0.1) is 0 Å². The summed E-state index contributed by atoms with van der Waals surface area (Å²) in [5.41, 5.74) is 9.02. The fourth-order valence-corrected chi connectivity index (χ4v) is 3.26. The van der Waals surface area contributed by atoms with Gasteiger partial charge in [0.15, 0.2) is 0 Å². The van der Waals surface area contributed by atoms with Crippen molar-refractivity contribution in [1.29, 1.82) is 0 Å². The van der Waals surface area contributed by atoms with Crippen LogP contribution in [-0.4, -0.2) is 20.3 Å². The lowest BCUT2D eigenvalue weighted by Crippen LogP contribution is -2.05. The number of nitrogen functional groups attached to an aromatic ring is 1. The second-order valence-corrected chi connectivity index (χ2v) is 5.71. The maximum atomic E-state index is 11.6. The van der Waals surface area contributed by atoms with Crippen LogP contribution in [0.25, 0.3) is 22.2 Å². The first kappa shape index (κ1) is 13.0. The molecule has 1 saturated carbocycles. The Hall–Kier alpha value is -2.69. The summed E-state index contributed by atoms with van der Waals surface area (Å²) in [4.78, 5) is 20.2. The molecule has 2 aromatic heterocycles. The summed E-state index contributed by atoms with van der Waals surface area (Å²) in [7, 11) is 0. The van der Waals surface area contributed by atoms with Crippen LogP contribution in [0.4, 0.5) is 5.82 Å². The zero-order valence-corrected chi connectivity index (χ0v) is 12.1. The fourth-order valence-electron chi connectivity index (χ4n) is 3.26. The summed E-state index contributed by atoms with van der Waals surface area (Å²) in [6.45, 7) is 0. The molecular formula is C17H16N4O. The predicted octanol–water partition coefficient (Wildman–Crippen LogP) is 2.97. The van der Waals surface area contributed by atoms with Crippen LogP contribution >= 0.6 is 0 Å². The van der Waals surface area contributed by atoms with Crippen molar-refractivity contribution >= 4 is 22.6 Å². The molecule has 0 bridgehead atoms. The Morgan fingerprint density at radius 3 is 2.73 bits per heavy atom. The number of benzene rings is 1. The number of ketones is 1. The van der Waals surface area contributed by atoms with Gasteiger partial charge >= 0.3 is 0 Å². The Labute approximate surface area is 127 Å². The van der Waals surface area contributed by atoms with E-state index in [0.717, 1.165) is 28.6 Å². The summed E-state index contributed by atoms with van der Waals surface area (Å²) in [5.74, 6) is 0.794. The van der Waals surface area contributed by atoms with Crippen molar-refractivity contribution in [3.8, 4) is 11.1 Å². The maximum Gasteiger partial charge on any atom is 0.146 e. The second kappa shape index (κ2) is 4.94. The average Bonchev–Trinajstić information content (AvgIpc) is 3.13. The van der Waals surface area contributed by atoms with E-state index < -0.39 is 0 Å². The zero-order valence-electron chi connectivity index (χ0n) is 12.1. The summed E-state index contributed by atoms with van der Waals surface area (Å²) in [6.07, 6.45) is 5.63. The van der Waals surface area contributed by atoms with Crippen molar-refractivity contribution in [2.45, 2.75) is 25.3 Å². The van der Waals surface area contributed by atoms with Gasteiger partial charge in [-0.1, -0.05) is 30.3 Å². The highest BCUT2D eigenvalue weighted by Gasteiger charge is 2.26. The highest BCUT2D eigenvalue weighted by Crippen LogP contribution is 2.37. The Morgan fingerprint density at radius 1 is 1.18 bits per heavy atom. The third-order valence-electron chi connectivity index (χ3n) is 4.34. The molecule has 1 aromatic carbocycles. The van der Waals surface area contributed by atoms with Gasteiger partial charge in [0.05, 0.1) is 5.39 Å². The normalized spacial score (nSPS) is 18.2. The first-order valence-electron chi connectivity index (χ1n) is 7.42. The molecule has 0 amide bonds. The quantitative estimate of drug-likeness (QED) is 0.788. The van der Waals surface area contributed by atoms with Gasteiger partial charge in [0.2, 0.25) is 0 Å². The van der Waals surface area contributed by atoms with E-state index in [9.17, 15) is 4.79 Å². The van der Waals surface area contributed by atoms with Crippen LogP contribution in [-0.2, 0) is 4.79 Å². The molecule has 0 spiro atoms. The van der Waals surface area contributed by atoms with Gasteiger partial charge in [-0.25, -0.2) is 9.97 Å². The van der Waals surface area contributed by atoms with Crippen LogP contribution in [0.15, 0.2) is 42.9 Å². The van der Waals surface area contributed by atoms with Crippen molar-refractivity contribution < 1.29 is 4.79 Å². The molecule has 110 valence electrons. The molecule has 5 nitrogen and oxygen atoms in total. The first-order valence-corrected chi connectivity index (χ1v) is 7.42. The molecule has 1 aliphatic rings. The number of rotatable bonds is 2. The SMILES string of the molecule is Nc1ncnc2c1c(-c1ccccc1)cn2C1CCC(=O)C1. The van der Waals surface area contributed by atoms with Crippen molar-refractivity contribution in [2.75, 3.05) is 5.73 Å². The third kappa shape index (κ3) is 1.97. The van der Waals surface area contributed by atoms with Crippen LogP contribution in [0.5, 0.6) is 0 Å². The molecule has 0 aliphatic heterocycles. The van der Waals surface area contributed by atoms with Crippen molar-refractivity contribution in [1.82, 2.24) is 14.5 Å². The standard InChI is InChI=1S/C17H16N4O/c18-16-15-14(11-4-2-1-3-5-11)9-21(17(15)20-10-19-16)12-6-7-13(22)8-12/h1-5,9-10,12H,6-8H2,(H2,18,19,20). The third-order valence-corrected chi connectivity index (χ3v) is 4.34. The smallest absolute Gasteiger partial charge is 0.146 e. The minimum absolute atomic E-state index is 0.168. The Bertz CT molecular complexity index is 854. The topological polar surface area (TPSA) is 73.8 Å². The van der Waals surface area contributed by atoms with Gasteiger partial charge in [-0.3, -0.25) is 4.79 Å². The number of carbonyl (C=O) groups excluding carboxylic acids is 1. The van der Waals surface area contributed by atoms with E-state index in [1.54, 1.807) is 0 Å². The van der Waals surface area contributed by atoms with Crippen LogP contribution in [0.1, 0.15) is 25.3 Å². The molecule has 1 unspecified atom stereocenters. The number of anilines is 1. The van der Waals surface area contributed by atoms with Crippen molar-refractivity contribution in [3.05, 3.63) is 42.9 Å². The number of hydrogen-bond acceptors (Lipinski definition) is 4. The number of nitrogens with zero attached hydrogens (tertiary/aromatic N) is 3. The van der Waals surface area contributed by atoms with Gasteiger partial charge in [0.1, 0.15) is 23.6 Å². The molecule has 0 saturated heterocycles. The number of hydrogen-bond donors (Lipinski definition) is 1. The largest absolute Gasteiger partial charge is 0.383 e. The molecule has 1 fully saturated rings. The summed E-state index contributed by atoms with van der Waals surface area (Å²) in [6, 6.07) is 10.2. The number of aromatic nitrogens is 3. The minimum atomic E-state index is 0.168. The highest BCUT2D eigenvalue weighted by molar-refractivity contribution is 6.00. The van der Waals surface area contributed by atoms with E-state index in [0.29, 0.717) is 24.4 Å². The molecule has 0 radical (unpaired) electrons. The molecule has 2 N–H and O–H groups in total.